The van der Waals surface area contributed by atoms with Crippen molar-refractivity contribution in [3.05, 3.63) is 93.7 Å². The first-order valence-corrected chi connectivity index (χ1v) is 25.7. The van der Waals surface area contributed by atoms with Crippen LogP contribution in [0.25, 0.3) is 10.4 Å². The number of hydrogen-bond donors (Lipinski definition) is 5. The summed E-state index contributed by atoms with van der Waals surface area (Å²) in [7, 11) is 0. The fourth-order valence-electron chi connectivity index (χ4n) is 10.6. The van der Waals surface area contributed by atoms with Crippen molar-refractivity contribution in [3.8, 4) is 22.3 Å². The highest BCUT2D eigenvalue weighted by Crippen LogP contribution is 2.55. The lowest BCUT2D eigenvalue weighted by atomic mass is 9.49. The van der Waals surface area contributed by atoms with Crippen LogP contribution < -0.4 is 25.6 Å². The number of nitrogens with zero attached hydrogens (tertiary/aromatic N) is 6. The molecule has 4 amide bonds. The quantitative estimate of drug-likeness (QED) is 0.0740. The summed E-state index contributed by atoms with van der Waals surface area (Å²) in [6.07, 6.45) is 2.16. The summed E-state index contributed by atoms with van der Waals surface area (Å²) in [6, 6.07) is 15.5. The Morgan fingerprint density at radius 1 is 0.972 bits per heavy atom. The molecule has 0 spiro atoms. The van der Waals surface area contributed by atoms with Crippen molar-refractivity contribution in [1.29, 1.82) is 5.26 Å². The molecule has 4 atom stereocenters. The molecule has 2 aromatic carbocycles. The van der Waals surface area contributed by atoms with E-state index in [0.29, 0.717) is 33.9 Å². The number of piperazine rings is 1. The lowest BCUT2D eigenvalue weighted by Gasteiger charge is -2.63. The number of pyridine rings is 1. The molecule has 18 heteroatoms. The molecule has 380 valence electrons. The molecule has 1 saturated carbocycles. The number of hydrogen-bond acceptors (Lipinski definition) is 13. The second-order valence-electron chi connectivity index (χ2n) is 21.4. The first kappa shape index (κ1) is 53.2. The molecular formula is C53H68ClN9O7S. The van der Waals surface area contributed by atoms with Gasteiger partial charge in [0.1, 0.15) is 35.8 Å². The van der Waals surface area contributed by atoms with E-state index in [1.165, 1.54) is 16.2 Å². The molecule has 4 aromatic rings. The average Bonchev–Trinajstić information content (AvgIpc) is 3.96. The van der Waals surface area contributed by atoms with E-state index in [4.69, 9.17) is 16.3 Å². The molecule has 3 aliphatic rings. The Balaban J connectivity index is 0.838. The smallest absolute Gasteiger partial charge is 0.253 e. The van der Waals surface area contributed by atoms with Crippen molar-refractivity contribution in [3.63, 3.8) is 0 Å². The van der Waals surface area contributed by atoms with Gasteiger partial charge in [0.15, 0.2) is 0 Å². The molecule has 1 aliphatic carbocycles. The predicted molar refractivity (Wildman–Crippen MR) is 274 cm³/mol. The zero-order valence-corrected chi connectivity index (χ0v) is 43.6. The van der Waals surface area contributed by atoms with E-state index in [0.717, 1.165) is 61.1 Å². The van der Waals surface area contributed by atoms with Gasteiger partial charge in [-0.1, -0.05) is 84.3 Å². The monoisotopic (exact) mass is 1010 g/mol. The molecule has 0 bridgehead atoms. The Bertz CT molecular complexity index is 2570. The van der Waals surface area contributed by atoms with Crippen molar-refractivity contribution < 1.29 is 34.1 Å². The van der Waals surface area contributed by atoms with E-state index >= 15 is 0 Å². The lowest BCUT2D eigenvalue weighted by Crippen LogP contribution is -2.74. The van der Waals surface area contributed by atoms with Gasteiger partial charge >= 0.3 is 0 Å². The number of halogens is 1. The van der Waals surface area contributed by atoms with Gasteiger partial charge in [0.05, 0.1) is 51.0 Å². The Morgan fingerprint density at radius 3 is 2.27 bits per heavy atom. The summed E-state index contributed by atoms with van der Waals surface area (Å²) in [4.78, 5) is 70.8. The number of nitrogens with one attached hydrogen (secondary N) is 3. The van der Waals surface area contributed by atoms with Gasteiger partial charge in [0.2, 0.25) is 17.7 Å². The Morgan fingerprint density at radius 2 is 1.68 bits per heavy atom. The normalized spacial score (nSPS) is 21.6. The third-order valence-electron chi connectivity index (χ3n) is 14.4. The van der Waals surface area contributed by atoms with Crippen LogP contribution in [0.4, 0.5) is 5.82 Å². The number of aryl methyl sites for hydroxylation is 1. The van der Waals surface area contributed by atoms with Gasteiger partial charge in [-0.25, -0.2) is 9.97 Å². The topological polar surface area (TPSA) is 213 Å². The molecule has 4 heterocycles. The highest BCUT2D eigenvalue weighted by atomic mass is 35.5. The Hall–Kier alpha value is -5.64. The van der Waals surface area contributed by atoms with Crippen LogP contribution in [0.5, 0.6) is 5.75 Å². The van der Waals surface area contributed by atoms with E-state index in [-0.39, 0.29) is 50.0 Å². The molecule has 2 aliphatic heterocycles. The number of aliphatic hydroxyl groups is 2. The molecule has 7 rings (SSSR count). The third kappa shape index (κ3) is 12.0. The number of unbranched alkanes of at least 4 members (excludes halogenated alkanes) is 1. The van der Waals surface area contributed by atoms with Gasteiger partial charge in [-0.05, 0) is 67.1 Å². The number of amides is 4. The molecule has 5 N–H and O–H groups in total. The predicted octanol–water partition coefficient (Wildman–Crippen LogP) is 6.29. The second-order valence-corrected chi connectivity index (χ2v) is 22.6. The number of aliphatic hydroxyl groups excluding tert-OH is 2. The summed E-state index contributed by atoms with van der Waals surface area (Å²) in [5, 5.41) is 39.6. The number of ether oxygens (including phenoxy) is 1. The fraction of sp³-hybridized carbons (Fsp3) is 0.528. The molecule has 16 nitrogen and oxygen atoms in total. The molecule has 71 heavy (non-hydrogen) atoms. The van der Waals surface area contributed by atoms with Crippen LogP contribution in [0.15, 0.2) is 66.3 Å². The van der Waals surface area contributed by atoms with E-state index in [1.807, 2.05) is 64.1 Å². The number of anilines is 1. The highest BCUT2D eigenvalue weighted by molar-refractivity contribution is 7.13. The van der Waals surface area contributed by atoms with Gasteiger partial charge in [0, 0.05) is 74.7 Å². The van der Waals surface area contributed by atoms with Gasteiger partial charge in [0.25, 0.3) is 5.91 Å². The number of thiazole rings is 1. The molecule has 0 radical (unpaired) electrons. The summed E-state index contributed by atoms with van der Waals surface area (Å²) in [5.41, 5.74) is 3.76. The van der Waals surface area contributed by atoms with E-state index in [2.05, 4.69) is 69.5 Å². The molecule has 2 saturated heterocycles. The maximum Gasteiger partial charge on any atom is 0.253 e. The number of β-amino-alcohol motifs (C(OH)–C–C–N with tert-alkyl or cyclic N) is 1. The van der Waals surface area contributed by atoms with Crippen LogP contribution >= 0.6 is 22.9 Å². The summed E-state index contributed by atoms with van der Waals surface area (Å²) in [5.74, 6) is -0.0123. The van der Waals surface area contributed by atoms with E-state index in [9.17, 15) is 34.7 Å². The number of likely N-dealkylation sites (tertiary alicyclic amines) is 1. The van der Waals surface area contributed by atoms with Crippen LogP contribution in [0, 0.1) is 34.5 Å². The van der Waals surface area contributed by atoms with E-state index < -0.39 is 52.3 Å². The minimum absolute atomic E-state index is 0.0388. The van der Waals surface area contributed by atoms with Crippen molar-refractivity contribution in [2.75, 3.05) is 50.8 Å². The average molecular weight is 1010 g/mol. The Labute approximate surface area is 426 Å². The molecular weight excluding hydrogens is 942 g/mol. The van der Waals surface area contributed by atoms with Gasteiger partial charge in [-0.3, -0.25) is 24.1 Å². The summed E-state index contributed by atoms with van der Waals surface area (Å²) in [6.45, 7) is 19.3. The summed E-state index contributed by atoms with van der Waals surface area (Å²) >= 11 is 7.79. The molecule has 3 fully saturated rings. The van der Waals surface area contributed by atoms with Crippen molar-refractivity contribution in [2.24, 2.45) is 16.2 Å². The highest BCUT2D eigenvalue weighted by Gasteiger charge is 2.64. The van der Waals surface area contributed by atoms with Crippen LogP contribution in [0.3, 0.4) is 0 Å². The number of benzene rings is 2. The zero-order chi connectivity index (χ0) is 51.4. The summed E-state index contributed by atoms with van der Waals surface area (Å²) < 4.78 is 6.37. The number of rotatable bonds is 17. The second kappa shape index (κ2) is 22.0. The largest absolute Gasteiger partial charge is 0.489 e. The van der Waals surface area contributed by atoms with Crippen LogP contribution in [0.2, 0.25) is 5.02 Å². The first-order valence-electron chi connectivity index (χ1n) is 24.4. The minimum Gasteiger partial charge on any atom is -0.489 e. The third-order valence-corrected chi connectivity index (χ3v) is 15.7. The fourth-order valence-corrected chi connectivity index (χ4v) is 11.7. The van der Waals surface area contributed by atoms with Crippen molar-refractivity contribution in [2.45, 2.75) is 117 Å². The number of nitriles is 1. The SMILES string of the molecule is Cc1ncsc1-c1ccc([C@H](CO)NC(=O)[C@@H]2C[C@@H](O)CN2C(=O)C(NC(=O)CCCCN2CCN(c3ccc(C(=O)NC4C(C)(C)C(Oc5ccc(C#N)c(Cl)c5)C4(C)C)cn3)CC2)C(C)(C)C)cc1. The van der Waals surface area contributed by atoms with Crippen LogP contribution in [-0.2, 0) is 14.4 Å². The van der Waals surface area contributed by atoms with Crippen LogP contribution in [0.1, 0.15) is 107 Å². The number of aromatic nitrogens is 2. The standard InChI is InChI=1S/C53H68ClN9O7S/c1-32-44(71-31-57-32)34-14-12-33(13-15-34)40(30-64)58-47(68)41-25-37(65)29-63(41)48(69)45(51(2,3)4)59-43(66)11-9-10-20-61-21-23-62(24-22-61)42-19-17-36(28-56-42)46(67)60-49-52(5,6)50(53(49,7)8)70-38-18-16-35(27-55)39(54)26-38/h12-19,26,28,31,37,40-41,45,49-50,64-65H,9-11,20-25,29-30H2,1-8H3,(H,58,68)(H,59,66)(H,60,67)/t37-,40+,41+,45?,49?,50?/m1/s1. The van der Waals surface area contributed by atoms with Crippen LogP contribution in [-0.4, -0.2) is 130 Å². The van der Waals surface area contributed by atoms with Gasteiger partial charge in [-0.15, -0.1) is 11.3 Å². The number of carbonyl (C=O) groups is 4. The van der Waals surface area contributed by atoms with E-state index in [1.54, 1.807) is 29.9 Å². The van der Waals surface area contributed by atoms with Gasteiger partial charge in [-0.2, -0.15) is 5.26 Å². The first-order chi connectivity index (χ1) is 33.6. The molecule has 1 unspecified atom stereocenters. The lowest BCUT2D eigenvalue weighted by molar-refractivity contribution is -0.164. The zero-order valence-electron chi connectivity index (χ0n) is 42.0. The maximum absolute atomic E-state index is 14.2. The minimum atomic E-state index is -0.979. The van der Waals surface area contributed by atoms with Crippen molar-refractivity contribution in [1.82, 2.24) is 35.7 Å². The molecule has 2 aromatic heterocycles. The maximum atomic E-state index is 14.2. The number of carbonyl (C=O) groups excluding carboxylic acids is 4. The Kier molecular flexibility index (Phi) is 16.5. The van der Waals surface area contributed by atoms with Crippen molar-refractivity contribution >= 4 is 52.4 Å². The van der Waals surface area contributed by atoms with Gasteiger partial charge < -0.3 is 40.7 Å².